The molecule has 0 fully saturated rings. The molecular weight excluding hydrogens is 310 g/mol. The van der Waals surface area contributed by atoms with Crippen LogP contribution in [0, 0.1) is 11.8 Å². The summed E-state index contributed by atoms with van der Waals surface area (Å²) in [5.41, 5.74) is 1.10. The predicted octanol–water partition coefficient (Wildman–Crippen LogP) is 5.40. The molecule has 2 unspecified atom stereocenters. The third kappa shape index (κ3) is 10.5. The Morgan fingerprint density at radius 3 is 1.52 bits per heavy atom. The highest BCUT2D eigenvalue weighted by atomic mass is 16.5. The Morgan fingerprint density at radius 2 is 1.16 bits per heavy atom. The van der Waals surface area contributed by atoms with Gasteiger partial charge in [-0.25, -0.2) is 0 Å². The zero-order chi connectivity index (χ0) is 19.1. The van der Waals surface area contributed by atoms with Crippen LogP contribution in [0.15, 0.2) is 30.3 Å². The summed E-state index contributed by atoms with van der Waals surface area (Å²) >= 11 is 0. The molecule has 1 aromatic carbocycles. The summed E-state index contributed by atoms with van der Waals surface area (Å²) in [5, 5.41) is 0. The first kappa shape index (κ1) is 22.0. The van der Waals surface area contributed by atoms with Gasteiger partial charge in [-0.1, -0.05) is 32.0 Å². The molecule has 0 aliphatic rings. The van der Waals surface area contributed by atoms with E-state index in [2.05, 4.69) is 90.6 Å². The minimum atomic E-state index is -0.0837. The summed E-state index contributed by atoms with van der Waals surface area (Å²) in [7, 11) is 0. The second kappa shape index (κ2) is 9.59. The summed E-state index contributed by atoms with van der Waals surface area (Å²) in [5.74, 6) is 0.935. The van der Waals surface area contributed by atoms with Crippen molar-refractivity contribution in [2.24, 2.45) is 11.8 Å². The molecule has 0 heterocycles. The maximum absolute atomic E-state index is 5.97. The van der Waals surface area contributed by atoms with Crippen LogP contribution in [0.1, 0.15) is 55.4 Å². The Kier molecular flexibility index (Phi) is 8.43. The Labute approximate surface area is 155 Å². The van der Waals surface area contributed by atoms with Crippen molar-refractivity contribution < 1.29 is 9.47 Å². The lowest BCUT2D eigenvalue weighted by atomic mass is 10.1. The van der Waals surface area contributed by atoms with Gasteiger partial charge in [-0.3, -0.25) is 0 Å². The van der Waals surface area contributed by atoms with Gasteiger partial charge in [-0.15, -0.1) is 0 Å². The molecule has 0 saturated carbocycles. The first-order valence-electron chi connectivity index (χ1n) is 9.54. The lowest BCUT2D eigenvalue weighted by Crippen LogP contribution is -2.37. The van der Waals surface area contributed by atoms with Crippen LogP contribution in [0.4, 0.5) is 5.69 Å². The largest absolute Gasteiger partial charge is 0.376 e. The highest BCUT2D eigenvalue weighted by molar-refractivity contribution is 5.46. The molecule has 0 bridgehead atoms. The average Bonchev–Trinajstić information content (AvgIpc) is 2.50. The summed E-state index contributed by atoms with van der Waals surface area (Å²) in [4.78, 5) is 2.47. The van der Waals surface area contributed by atoms with Gasteiger partial charge in [-0.2, -0.15) is 0 Å². The molecule has 25 heavy (non-hydrogen) atoms. The first-order valence-corrected chi connectivity index (χ1v) is 9.54. The molecule has 3 heteroatoms. The number of ether oxygens (including phenoxy) is 2. The van der Waals surface area contributed by atoms with Crippen molar-refractivity contribution in [2.45, 2.75) is 66.6 Å². The Balaban J connectivity index is 2.67. The molecule has 1 rings (SSSR count). The van der Waals surface area contributed by atoms with E-state index < -0.39 is 0 Å². The maximum Gasteiger partial charge on any atom is 0.0598 e. The highest BCUT2D eigenvalue weighted by Crippen LogP contribution is 2.19. The van der Waals surface area contributed by atoms with Crippen molar-refractivity contribution in [3.05, 3.63) is 30.3 Å². The molecule has 0 aliphatic heterocycles. The van der Waals surface area contributed by atoms with Crippen LogP contribution < -0.4 is 4.90 Å². The fourth-order valence-corrected chi connectivity index (χ4v) is 2.57. The van der Waals surface area contributed by atoms with Gasteiger partial charge in [0.1, 0.15) is 0 Å². The van der Waals surface area contributed by atoms with E-state index in [4.69, 9.17) is 9.47 Å². The zero-order valence-electron chi connectivity index (χ0n) is 17.6. The van der Waals surface area contributed by atoms with Crippen LogP contribution in [0.5, 0.6) is 0 Å². The Bertz CT molecular complexity index is 447. The normalized spacial score (nSPS) is 15.0. The van der Waals surface area contributed by atoms with Crippen LogP contribution in [0.3, 0.4) is 0 Å². The van der Waals surface area contributed by atoms with E-state index in [1.54, 1.807) is 0 Å². The average molecular weight is 350 g/mol. The van der Waals surface area contributed by atoms with Crippen LogP contribution in [-0.2, 0) is 9.47 Å². The van der Waals surface area contributed by atoms with Gasteiger partial charge in [-0.05, 0) is 65.5 Å². The quantitative estimate of drug-likeness (QED) is 0.596. The van der Waals surface area contributed by atoms with Gasteiger partial charge in [0.25, 0.3) is 0 Å². The third-order valence-electron chi connectivity index (χ3n) is 3.79. The van der Waals surface area contributed by atoms with Gasteiger partial charge in [0.2, 0.25) is 0 Å². The number of anilines is 1. The summed E-state index contributed by atoms with van der Waals surface area (Å²) in [6.45, 7) is 20.7. The van der Waals surface area contributed by atoms with E-state index >= 15 is 0 Å². The maximum atomic E-state index is 5.97. The minimum absolute atomic E-state index is 0.0837. The van der Waals surface area contributed by atoms with Gasteiger partial charge < -0.3 is 14.4 Å². The summed E-state index contributed by atoms with van der Waals surface area (Å²) in [6.07, 6.45) is 0. The van der Waals surface area contributed by atoms with E-state index in [0.717, 1.165) is 26.3 Å². The topological polar surface area (TPSA) is 21.7 Å². The van der Waals surface area contributed by atoms with Crippen molar-refractivity contribution in [1.82, 2.24) is 0 Å². The predicted molar refractivity (Wildman–Crippen MR) is 108 cm³/mol. The van der Waals surface area contributed by atoms with Crippen LogP contribution in [-0.4, -0.2) is 37.5 Å². The molecule has 0 N–H and O–H groups in total. The Hall–Kier alpha value is -1.06. The standard InChI is InChI=1S/C22H39NO2/c1-18(16-24-21(3,4)5)14-23(20-12-10-9-11-13-20)15-19(2)17-25-22(6,7)8/h9-13,18-19H,14-17H2,1-8H3. The number of hydrogen-bond acceptors (Lipinski definition) is 3. The number of nitrogens with zero attached hydrogens (tertiary/aromatic N) is 1. The van der Waals surface area contributed by atoms with Gasteiger partial charge in [0.05, 0.1) is 24.4 Å². The van der Waals surface area contributed by atoms with Crippen LogP contribution in [0.25, 0.3) is 0 Å². The van der Waals surface area contributed by atoms with E-state index in [1.807, 2.05) is 0 Å². The molecule has 144 valence electrons. The van der Waals surface area contributed by atoms with Crippen molar-refractivity contribution in [3.8, 4) is 0 Å². The smallest absolute Gasteiger partial charge is 0.0598 e. The van der Waals surface area contributed by atoms with Crippen LogP contribution in [0.2, 0.25) is 0 Å². The fourth-order valence-electron chi connectivity index (χ4n) is 2.57. The monoisotopic (exact) mass is 349 g/mol. The van der Waals surface area contributed by atoms with Crippen molar-refractivity contribution in [2.75, 3.05) is 31.2 Å². The molecule has 1 aromatic rings. The molecule has 0 spiro atoms. The molecule has 3 nitrogen and oxygen atoms in total. The zero-order valence-corrected chi connectivity index (χ0v) is 17.6. The minimum Gasteiger partial charge on any atom is -0.376 e. The first-order chi connectivity index (χ1) is 11.5. The van der Waals surface area contributed by atoms with E-state index in [0.29, 0.717) is 11.8 Å². The molecular formula is C22H39NO2. The summed E-state index contributed by atoms with van der Waals surface area (Å²) in [6, 6.07) is 10.7. The van der Waals surface area contributed by atoms with Crippen molar-refractivity contribution in [1.29, 1.82) is 0 Å². The SMILES string of the molecule is CC(COC(C)(C)C)CN(CC(C)COC(C)(C)C)c1ccccc1. The van der Waals surface area contributed by atoms with E-state index in [1.165, 1.54) is 5.69 Å². The number of hydrogen-bond donors (Lipinski definition) is 0. The van der Waals surface area contributed by atoms with Crippen LogP contribution >= 0.6 is 0 Å². The van der Waals surface area contributed by atoms with Crippen molar-refractivity contribution >= 4 is 5.69 Å². The number of rotatable bonds is 9. The Morgan fingerprint density at radius 1 is 0.760 bits per heavy atom. The highest BCUT2D eigenvalue weighted by Gasteiger charge is 2.19. The van der Waals surface area contributed by atoms with Gasteiger partial charge in [0.15, 0.2) is 0 Å². The lowest BCUT2D eigenvalue weighted by molar-refractivity contribution is -0.0210. The molecule has 0 amide bonds. The molecule has 0 saturated heterocycles. The molecule has 2 atom stereocenters. The molecule has 0 aliphatic carbocycles. The van der Waals surface area contributed by atoms with E-state index in [-0.39, 0.29) is 11.2 Å². The van der Waals surface area contributed by atoms with Gasteiger partial charge >= 0.3 is 0 Å². The van der Waals surface area contributed by atoms with E-state index in [9.17, 15) is 0 Å². The summed E-state index contributed by atoms with van der Waals surface area (Å²) < 4.78 is 11.9. The van der Waals surface area contributed by atoms with Gasteiger partial charge in [0, 0.05) is 18.8 Å². The second-order valence-corrected chi connectivity index (χ2v) is 9.30. The lowest BCUT2D eigenvalue weighted by Gasteiger charge is -2.32. The third-order valence-corrected chi connectivity index (χ3v) is 3.79. The van der Waals surface area contributed by atoms with Crippen molar-refractivity contribution in [3.63, 3.8) is 0 Å². The number of benzene rings is 1. The second-order valence-electron chi connectivity index (χ2n) is 9.30. The molecule has 0 aromatic heterocycles. The number of para-hydroxylation sites is 1. The molecule has 0 radical (unpaired) electrons. The fraction of sp³-hybridized carbons (Fsp3) is 0.727.